The van der Waals surface area contributed by atoms with Crippen LogP contribution in [0.15, 0.2) is 63.9 Å². The van der Waals surface area contributed by atoms with Gasteiger partial charge in [-0.1, -0.05) is 28.8 Å². The van der Waals surface area contributed by atoms with Gasteiger partial charge in [0.05, 0.1) is 10.1 Å². The maximum atomic E-state index is 13.0. The Balaban J connectivity index is 1.49. The van der Waals surface area contributed by atoms with Crippen LogP contribution in [0.25, 0.3) is 21.3 Å². The van der Waals surface area contributed by atoms with Crippen molar-refractivity contribution in [1.82, 2.24) is 9.11 Å². The first-order valence-electron chi connectivity index (χ1n) is 7.71. The van der Waals surface area contributed by atoms with Crippen molar-refractivity contribution in [3.63, 3.8) is 0 Å². The summed E-state index contributed by atoms with van der Waals surface area (Å²) in [6, 6.07) is 14.5. The molecule has 0 spiro atoms. The lowest BCUT2D eigenvalue weighted by molar-refractivity contribution is -0.116. The van der Waals surface area contributed by atoms with E-state index in [2.05, 4.69) is 10.5 Å². The molecule has 0 bridgehead atoms. The molecule has 4 aromatic rings. The Bertz CT molecular complexity index is 1140. The second-order valence-electron chi connectivity index (χ2n) is 5.56. The highest BCUT2D eigenvalue weighted by atomic mass is 32.1. The molecule has 26 heavy (non-hydrogen) atoms. The zero-order valence-corrected chi connectivity index (χ0v) is 14.1. The van der Waals surface area contributed by atoms with Gasteiger partial charge in [0.2, 0.25) is 11.8 Å². The van der Waals surface area contributed by atoms with Crippen molar-refractivity contribution in [2.75, 3.05) is 5.32 Å². The van der Waals surface area contributed by atoms with Gasteiger partial charge < -0.3 is 4.52 Å². The molecule has 130 valence electrons. The standard InChI is InChI=1S/C18H12FN3O3S/c19-12-7-5-11(6-8-12)14-9-17(25-21-14)20-16(23)10-22-18(24)13-3-1-2-4-15(13)26-22/h1-9H,10H2,(H,20,23). The van der Waals surface area contributed by atoms with Gasteiger partial charge in [0.15, 0.2) is 0 Å². The summed E-state index contributed by atoms with van der Waals surface area (Å²) in [6.07, 6.45) is 0. The van der Waals surface area contributed by atoms with Gasteiger partial charge in [-0.15, -0.1) is 0 Å². The van der Waals surface area contributed by atoms with Crippen LogP contribution in [0, 0.1) is 5.82 Å². The zero-order valence-electron chi connectivity index (χ0n) is 13.3. The van der Waals surface area contributed by atoms with Gasteiger partial charge >= 0.3 is 0 Å². The Morgan fingerprint density at radius 2 is 1.96 bits per heavy atom. The highest BCUT2D eigenvalue weighted by molar-refractivity contribution is 7.13. The normalized spacial score (nSPS) is 11.0. The molecule has 0 atom stereocenters. The fourth-order valence-corrected chi connectivity index (χ4v) is 3.51. The number of carbonyl (C=O) groups is 1. The smallest absolute Gasteiger partial charge is 0.268 e. The number of anilines is 1. The molecule has 0 aliphatic rings. The summed E-state index contributed by atoms with van der Waals surface area (Å²) < 4.78 is 20.3. The number of halogens is 1. The van der Waals surface area contributed by atoms with Crippen LogP contribution in [0.3, 0.4) is 0 Å². The molecule has 2 aromatic heterocycles. The molecular formula is C18H12FN3O3S. The summed E-state index contributed by atoms with van der Waals surface area (Å²) in [6.45, 7) is -0.120. The molecular weight excluding hydrogens is 357 g/mol. The number of carbonyl (C=O) groups excluding carboxylic acids is 1. The molecule has 1 N–H and O–H groups in total. The van der Waals surface area contributed by atoms with Crippen molar-refractivity contribution >= 4 is 33.4 Å². The van der Waals surface area contributed by atoms with E-state index in [1.165, 1.54) is 27.6 Å². The Kier molecular flexibility index (Phi) is 4.10. The van der Waals surface area contributed by atoms with E-state index < -0.39 is 5.91 Å². The van der Waals surface area contributed by atoms with Crippen molar-refractivity contribution in [2.24, 2.45) is 0 Å². The van der Waals surface area contributed by atoms with E-state index in [-0.39, 0.29) is 23.8 Å². The van der Waals surface area contributed by atoms with Crippen LogP contribution in [0.4, 0.5) is 10.3 Å². The second-order valence-corrected chi connectivity index (χ2v) is 6.62. The number of aromatic nitrogens is 2. The van der Waals surface area contributed by atoms with Crippen LogP contribution >= 0.6 is 11.5 Å². The van der Waals surface area contributed by atoms with E-state index in [1.807, 2.05) is 12.1 Å². The SMILES string of the molecule is O=C(Cn1sc2ccccc2c1=O)Nc1cc(-c2ccc(F)cc2)no1. The Labute approximate surface area is 150 Å². The highest BCUT2D eigenvalue weighted by Crippen LogP contribution is 2.22. The molecule has 2 heterocycles. The summed E-state index contributed by atoms with van der Waals surface area (Å²) in [5.41, 5.74) is 0.932. The van der Waals surface area contributed by atoms with Crippen LogP contribution in [0.2, 0.25) is 0 Å². The van der Waals surface area contributed by atoms with Crippen molar-refractivity contribution in [2.45, 2.75) is 6.54 Å². The predicted octanol–water partition coefficient (Wildman–Crippen LogP) is 3.50. The average molecular weight is 369 g/mol. The third-order valence-electron chi connectivity index (χ3n) is 3.75. The molecule has 0 fully saturated rings. The van der Waals surface area contributed by atoms with E-state index in [4.69, 9.17) is 4.52 Å². The Morgan fingerprint density at radius 3 is 2.73 bits per heavy atom. The van der Waals surface area contributed by atoms with Gasteiger partial charge in [-0.05, 0) is 36.4 Å². The van der Waals surface area contributed by atoms with E-state index in [0.717, 1.165) is 4.70 Å². The molecule has 0 saturated heterocycles. The molecule has 2 aromatic carbocycles. The fourth-order valence-electron chi connectivity index (χ4n) is 2.52. The first kappa shape index (κ1) is 16.2. The zero-order chi connectivity index (χ0) is 18.1. The number of amides is 1. The Morgan fingerprint density at radius 1 is 1.19 bits per heavy atom. The molecule has 0 unspecified atom stereocenters. The maximum absolute atomic E-state index is 13.0. The molecule has 0 aliphatic heterocycles. The summed E-state index contributed by atoms with van der Waals surface area (Å²) in [5, 5.41) is 7.01. The van der Waals surface area contributed by atoms with Crippen LogP contribution in [0.1, 0.15) is 0 Å². The maximum Gasteiger partial charge on any atom is 0.268 e. The van der Waals surface area contributed by atoms with E-state index in [9.17, 15) is 14.0 Å². The number of hydrogen-bond acceptors (Lipinski definition) is 5. The first-order chi connectivity index (χ1) is 12.6. The average Bonchev–Trinajstić information content (AvgIpc) is 3.21. The number of hydrogen-bond donors (Lipinski definition) is 1. The minimum absolute atomic E-state index is 0.120. The van der Waals surface area contributed by atoms with Gasteiger partial charge in [-0.3, -0.25) is 18.9 Å². The quantitative estimate of drug-likeness (QED) is 0.597. The summed E-state index contributed by atoms with van der Waals surface area (Å²) >= 11 is 1.23. The molecule has 0 radical (unpaired) electrons. The number of nitrogens with one attached hydrogen (secondary N) is 1. The molecule has 4 rings (SSSR count). The molecule has 0 aliphatic carbocycles. The monoisotopic (exact) mass is 369 g/mol. The summed E-state index contributed by atoms with van der Waals surface area (Å²) in [5.74, 6) is -0.594. The lowest BCUT2D eigenvalue weighted by Gasteiger charge is -2.00. The second kappa shape index (κ2) is 6.57. The van der Waals surface area contributed by atoms with Crippen molar-refractivity contribution in [3.8, 4) is 11.3 Å². The topological polar surface area (TPSA) is 77.1 Å². The first-order valence-corrected chi connectivity index (χ1v) is 8.49. The number of nitrogens with zero attached hydrogens (tertiary/aromatic N) is 2. The van der Waals surface area contributed by atoms with Crippen molar-refractivity contribution < 1.29 is 13.7 Å². The van der Waals surface area contributed by atoms with E-state index >= 15 is 0 Å². The van der Waals surface area contributed by atoms with Crippen LogP contribution in [-0.2, 0) is 11.3 Å². The van der Waals surface area contributed by atoms with Gasteiger partial charge in [-0.2, -0.15) is 0 Å². The summed E-state index contributed by atoms with van der Waals surface area (Å²) in [4.78, 5) is 24.5. The molecule has 6 nitrogen and oxygen atoms in total. The predicted molar refractivity (Wildman–Crippen MR) is 96.6 cm³/mol. The highest BCUT2D eigenvalue weighted by Gasteiger charge is 2.13. The van der Waals surface area contributed by atoms with E-state index in [1.54, 1.807) is 30.3 Å². The fraction of sp³-hybridized carbons (Fsp3) is 0.0556. The van der Waals surface area contributed by atoms with Crippen LogP contribution < -0.4 is 10.9 Å². The van der Waals surface area contributed by atoms with Gasteiger partial charge in [0.1, 0.15) is 18.1 Å². The number of fused-ring (bicyclic) bond motifs is 1. The number of rotatable bonds is 4. The molecule has 0 saturated carbocycles. The van der Waals surface area contributed by atoms with E-state index in [0.29, 0.717) is 16.6 Å². The molecule has 1 amide bonds. The third kappa shape index (κ3) is 3.14. The van der Waals surface area contributed by atoms with Gasteiger partial charge in [-0.25, -0.2) is 4.39 Å². The van der Waals surface area contributed by atoms with Gasteiger partial charge in [0, 0.05) is 11.6 Å². The van der Waals surface area contributed by atoms with Crippen molar-refractivity contribution in [3.05, 3.63) is 70.8 Å². The third-order valence-corrected chi connectivity index (χ3v) is 4.82. The minimum atomic E-state index is -0.402. The van der Waals surface area contributed by atoms with Crippen molar-refractivity contribution in [1.29, 1.82) is 0 Å². The lowest BCUT2D eigenvalue weighted by Crippen LogP contribution is -2.23. The summed E-state index contributed by atoms with van der Waals surface area (Å²) in [7, 11) is 0. The van der Waals surface area contributed by atoms with Crippen LogP contribution in [0.5, 0.6) is 0 Å². The minimum Gasteiger partial charge on any atom is -0.338 e. The lowest BCUT2D eigenvalue weighted by atomic mass is 10.1. The number of benzene rings is 2. The Hall–Kier alpha value is -3.26. The van der Waals surface area contributed by atoms with Crippen LogP contribution in [-0.4, -0.2) is 15.0 Å². The largest absolute Gasteiger partial charge is 0.338 e. The molecule has 8 heteroatoms. The van der Waals surface area contributed by atoms with Gasteiger partial charge in [0.25, 0.3) is 5.56 Å².